The van der Waals surface area contributed by atoms with E-state index < -0.39 is 0 Å². The first-order valence-corrected chi connectivity index (χ1v) is 7.36. The molecule has 0 aliphatic carbocycles. The third kappa shape index (κ3) is 3.95. The highest BCUT2D eigenvalue weighted by Gasteiger charge is 2.04. The number of hydrogen-bond acceptors (Lipinski definition) is 2. The van der Waals surface area contributed by atoms with Gasteiger partial charge in [0.15, 0.2) is 0 Å². The van der Waals surface area contributed by atoms with Crippen LogP contribution in [-0.2, 0) is 6.54 Å². The van der Waals surface area contributed by atoms with Crippen molar-refractivity contribution in [3.05, 3.63) is 56.7 Å². The van der Waals surface area contributed by atoms with Crippen molar-refractivity contribution in [1.29, 1.82) is 0 Å². The fourth-order valence-electron chi connectivity index (χ4n) is 1.76. The van der Waals surface area contributed by atoms with E-state index in [1.807, 2.05) is 0 Å². The summed E-state index contributed by atoms with van der Waals surface area (Å²) in [6.45, 7) is 4.22. The molecule has 1 aromatic heterocycles. The van der Waals surface area contributed by atoms with Gasteiger partial charge in [-0.05, 0) is 39.5 Å². The molecule has 90 valence electrons. The lowest BCUT2D eigenvalue weighted by atomic mass is 10.0. The molecule has 0 fully saturated rings. The van der Waals surface area contributed by atoms with Gasteiger partial charge in [0, 0.05) is 18.0 Å². The molecule has 17 heavy (non-hydrogen) atoms. The van der Waals surface area contributed by atoms with E-state index in [0.717, 1.165) is 13.1 Å². The monoisotopic (exact) mass is 309 g/mol. The summed E-state index contributed by atoms with van der Waals surface area (Å²) in [5.74, 6) is 0.555. The standard InChI is InChI=1S/C14H16BrNS/c1-11(12-5-3-2-4-6-12)9-16-10-13-7-8-14(15)17-13/h2-8,11,16H,9-10H2,1H3. The van der Waals surface area contributed by atoms with Gasteiger partial charge in [-0.1, -0.05) is 37.3 Å². The summed E-state index contributed by atoms with van der Waals surface area (Å²) in [5, 5.41) is 3.50. The Morgan fingerprint density at radius 2 is 1.94 bits per heavy atom. The average molecular weight is 310 g/mol. The van der Waals surface area contributed by atoms with E-state index in [-0.39, 0.29) is 0 Å². The van der Waals surface area contributed by atoms with E-state index >= 15 is 0 Å². The summed E-state index contributed by atoms with van der Waals surface area (Å²) in [7, 11) is 0. The fourth-order valence-corrected chi connectivity index (χ4v) is 3.21. The number of benzene rings is 1. The molecule has 0 aliphatic rings. The molecule has 1 heterocycles. The number of hydrogen-bond donors (Lipinski definition) is 1. The van der Waals surface area contributed by atoms with Gasteiger partial charge in [-0.3, -0.25) is 0 Å². The van der Waals surface area contributed by atoms with Crippen LogP contribution < -0.4 is 5.32 Å². The van der Waals surface area contributed by atoms with Crippen molar-refractivity contribution in [3.63, 3.8) is 0 Å². The summed E-state index contributed by atoms with van der Waals surface area (Å²) in [4.78, 5) is 1.37. The topological polar surface area (TPSA) is 12.0 Å². The summed E-state index contributed by atoms with van der Waals surface area (Å²) >= 11 is 5.27. The highest BCUT2D eigenvalue weighted by Crippen LogP contribution is 2.22. The lowest BCUT2D eigenvalue weighted by Crippen LogP contribution is -2.19. The van der Waals surface area contributed by atoms with Gasteiger partial charge in [0.05, 0.1) is 3.79 Å². The van der Waals surface area contributed by atoms with E-state index in [0.29, 0.717) is 5.92 Å². The Morgan fingerprint density at radius 1 is 1.18 bits per heavy atom. The minimum absolute atomic E-state index is 0.555. The summed E-state index contributed by atoms with van der Waals surface area (Å²) in [6.07, 6.45) is 0. The largest absolute Gasteiger partial charge is 0.311 e. The maximum atomic E-state index is 3.50. The van der Waals surface area contributed by atoms with E-state index in [1.165, 1.54) is 14.2 Å². The second-order valence-corrected chi connectivity index (χ2v) is 6.70. The van der Waals surface area contributed by atoms with E-state index in [2.05, 4.69) is 70.6 Å². The zero-order chi connectivity index (χ0) is 12.1. The Balaban J connectivity index is 1.79. The van der Waals surface area contributed by atoms with Crippen molar-refractivity contribution in [2.24, 2.45) is 0 Å². The molecule has 0 saturated carbocycles. The van der Waals surface area contributed by atoms with Gasteiger partial charge in [0.1, 0.15) is 0 Å². The Hall–Kier alpha value is -0.640. The zero-order valence-electron chi connectivity index (χ0n) is 9.82. The van der Waals surface area contributed by atoms with Gasteiger partial charge in [-0.15, -0.1) is 11.3 Å². The zero-order valence-corrected chi connectivity index (χ0v) is 12.2. The molecule has 1 N–H and O–H groups in total. The second-order valence-electron chi connectivity index (χ2n) is 4.15. The molecule has 0 amide bonds. The SMILES string of the molecule is CC(CNCc1ccc(Br)s1)c1ccccc1. The first kappa shape index (κ1) is 12.8. The minimum atomic E-state index is 0.555. The molecule has 0 bridgehead atoms. The van der Waals surface area contributed by atoms with Crippen LogP contribution in [-0.4, -0.2) is 6.54 Å². The summed E-state index contributed by atoms with van der Waals surface area (Å²) in [6, 6.07) is 14.9. The third-order valence-electron chi connectivity index (χ3n) is 2.75. The van der Waals surface area contributed by atoms with E-state index in [9.17, 15) is 0 Å². The lowest BCUT2D eigenvalue weighted by molar-refractivity contribution is 0.619. The van der Waals surface area contributed by atoms with Crippen molar-refractivity contribution in [1.82, 2.24) is 5.32 Å². The molecule has 0 radical (unpaired) electrons. The predicted molar refractivity (Wildman–Crippen MR) is 78.6 cm³/mol. The molecule has 2 aromatic rings. The Labute approximate surface area is 115 Å². The van der Waals surface area contributed by atoms with Crippen LogP contribution in [0, 0.1) is 0 Å². The van der Waals surface area contributed by atoms with Crippen molar-refractivity contribution >= 4 is 27.3 Å². The van der Waals surface area contributed by atoms with Crippen LogP contribution in [0.2, 0.25) is 0 Å². The lowest BCUT2D eigenvalue weighted by Gasteiger charge is -2.12. The Morgan fingerprint density at radius 3 is 2.59 bits per heavy atom. The van der Waals surface area contributed by atoms with E-state index in [1.54, 1.807) is 11.3 Å². The number of rotatable bonds is 5. The highest BCUT2D eigenvalue weighted by molar-refractivity contribution is 9.11. The first-order chi connectivity index (χ1) is 8.25. The number of nitrogens with one attached hydrogen (secondary N) is 1. The quantitative estimate of drug-likeness (QED) is 0.863. The third-order valence-corrected chi connectivity index (χ3v) is 4.37. The highest BCUT2D eigenvalue weighted by atomic mass is 79.9. The summed E-state index contributed by atoms with van der Waals surface area (Å²) in [5.41, 5.74) is 1.40. The number of thiophene rings is 1. The van der Waals surface area contributed by atoms with E-state index in [4.69, 9.17) is 0 Å². The average Bonchev–Trinajstić information content (AvgIpc) is 2.76. The van der Waals surface area contributed by atoms with Crippen LogP contribution in [0.1, 0.15) is 23.3 Å². The number of halogens is 1. The fraction of sp³-hybridized carbons (Fsp3) is 0.286. The molecule has 1 atom stereocenters. The molecule has 2 rings (SSSR count). The maximum Gasteiger partial charge on any atom is 0.0701 e. The van der Waals surface area contributed by atoms with Crippen molar-refractivity contribution < 1.29 is 0 Å². The van der Waals surface area contributed by atoms with Crippen LogP contribution >= 0.6 is 27.3 Å². The molecular formula is C14H16BrNS. The van der Waals surface area contributed by atoms with Crippen LogP contribution in [0.5, 0.6) is 0 Å². The molecule has 0 saturated heterocycles. The molecule has 1 nitrogen and oxygen atoms in total. The van der Waals surface area contributed by atoms with Gasteiger partial charge >= 0.3 is 0 Å². The molecule has 0 spiro atoms. The Bertz CT molecular complexity index is 452. The van der Waals surface area contributed by atoms with Crippen LogP contribution in [0.3, 0.4) is 0 Å². The molecule has 1 aromatic carbocycles. The molecular weight excluding hydrogens is 294 g/mol. The summed E-state index contributed by atoms with van der Waals surface area (Å²) < 4.78 is 1.20. The van der Waals surface area contributed by atoms with Gasteiger partial charge in [-0.25, -0.2) is 0 Å². The van der Waals surface area contributed by atoms with Gasteiger partial charge < -0.3 is 5.32 Å². The van der Waals surface area contributed by atoms with Crippen molar-refractivity contribution in [2.75, 3.05) is 6.54 Å². The predicted octanol–water partition coefficient (Wildman–Crippen LogP) is 4.40. The van der Waals surface area contributed by atoms with Crippen molar-refractivity contribution in [2.45, 2.75) is 19.4 Å². The smallest absolute Gasteiger partial charge is 0.0701 e. The minimum Gasteiger partial charge on any atom is -0.311 e. The van der Waals surface area contributed by atoms with Gasteiger partial charge in [-0.2, -0.15) is 0 Å². The molecule has 0 aliphatic heterocycles. The van der Waals surface area contributed by atoms with Crippen LogP contribution in [0.25, 0.3) is 0 Å². The van der Waals surface area contributed by atoms with Gasteiger partial charge in [0.25, 0.3) is 0 Å². The maximum absolute atomic E-state index is 3.50. The normalized spacial score (nSPS) is 12.6. The van der Waals surface area contributed by atoms with Crippen molar-refractivity contribution in [3.8, 4) is 0 Å². The van der Waals surface area contributed by atoms with Gasteiger partial charge in [0.2, 0.25) is 0 Å². The van der Waals surface area contributed by atoms with Crippen LogP contribution in [0.4, 0.5) is 0 Å². The molecule has 3 heteroatoms. The van der Waals surface area contributed by atoms with Crippen LogP contribution in [0.15, 0.2) is 46.3 Å². The second kappa shape index (κ2) is 6.34. The molecule has 1 unspecified atom stereocenters. The Kier molecular flexibility index (Phi) is 4.77. The first-order valence-electron chi connectivity index (χ1n) is 5.75.